The van der Waals surface area contributed by atoms with Gasteiger partial charge in [-0.15, -0.1) is 11.3 Å². The van der Waals surface area contributed by atoms with Gasteiger partial charge in [-0.2, -0.15) is 0 Å². The van der Waals surface area contributed by atoms with E-state index in [1.807, 2.05) is 11.8 Å². The fourth-order valence-corrected chi connectivity index (χ4v) is 3.93. The number of piperidine rings is 1. The molecule has 3 rings (SSSR count). The number of hydrogen-bond donors (Lipinski definition) is 1. The molecule has 1 aromatic carbocycles. The van der Waals surface area contributed by atoms with Gasteiger partial charge in [-0.1, -0.05) is 12.1 Å². The molecule has 4 nitrogen and oxygen atoms in total. The third-order valence-corrected chi connectivity index (χ3v) is 5.52. The molecule has 128 valence electrons. The lowest BCUT2D eigenvalue weighted by Crippen LogP contribution is -2.46. The molecule has 0 radical (unpaired) electrons. The molecule has 1 aliphatic heterocycles. The average Bonchev–Trinajstić information content (AvgIpc) is 3.05. The van der Waals surface area contributed by atoms with Crippen LogP contribution < -0.4 is 0 Å². The second-order valence-electron chi connectivity index (χ2n) is 6.35. The van der Waals surface area contributed by atoms with E-state index in [4.69, 9.17) is 0 Å². The number of aliphatic hydroxyl groups excluding tert-OH is 1. The number of thiazole rings is 1. The second-order valence-corrected chi connectivity index (χ2v) is 7.47. The summed E-state index contributed by atoms with van der Waals surface area (Å²) in [6.07, 6.45) is 4.09. The minimum atomic E-state index is -0.258. The molecule has 1 saturated heterocycles. The SMILES string of the molecule is CC1CCC(CO)CN1C(=O)c1cnc(Cc2ccc(F)cc2)s1. The fourth-order valence-electron chi connectivity index (χ4n) is 3.02. The number of carbonyl (C=O) groups is 1. The Morgan fingerprint density at radius 2 is 2.12 bits per heavy atom. The summed E-state index contributed by atoms with van der Waals surface area (Å²) in [4.78, 5) is 19.6. The molecule has 1 amide bonds. The van der Waals surface area contributed by atoms with Crippen LogP contribution in [-0.4, -0.2) is 40.1 Å². The molecule has 2 atom stereocenters. The van der Waals surface area contributed by atoms with Crippen LogP contribution in [0.5, 0.6) is 0 Å². The number of nitrogens with zero attached hydrogens (tertiary/aromatic N) is 2. The quantitative estimate of drug-likeness (QED) is 0.924. The van der Waals surface area contributed by atoms with Crippen molar-refractivity contribution in [1.82, 2.24) is 9.88 Å². The van der Waals surface area contributed by atoms with Gasteiger partial charge in [0.1, 0.15) is 10.7 Å². The zero-order chi connectivity index (χ0) is 17.1. The van der Waals surface area contributed by atoms with E-state index in [1.165, 1.54) is 23.5 Å². The Hall–Kier alpha value is -1.79. The highest BCUT2D eigenvalue weighted by Crippen LogP contribution is 2.26. The molecule has 2 aromatic rings. The van der Waals surface area contributed by atoms with Gasteiger partial charge in [0.2, 0.25) is 0 Å². The number of aromatic nitrogens is 1. The van der Waals surface area contributed by atoms with E-state index in [2.05, 4.69) is 4.98 Å². The van der Waals surface area contributed by atoms with E-state index < -0.39 is 0 Å². The van der Waals surface area contributed by atoms with E-state index in [1.54, 1.807) is 18.3 Å². The van der Waals surface area contributed by atoms with Crippen molar-refractivity contribution in [3.05, 3.63) is 51.7 Å². The molecule has 2 heterocycles. The van der Waals surface area contributed by atoms with Crippen LogP contribution in [0.3, 0.4) is 0 Å². The number of benzene rings is 1. The summed E-state index contributed by atoms with van der Waals surface area (Å²) in [5, 5.41) is 10.2. The highest BCUT2D eigenvalue weighted by molar-refractivity contribution is 7.13. The summed E-state index contributed by atoms with van der Waals surface area (Å²) >= 11 is 1.39. The summed E-state index contributed by atoms with van der Waals surface area (Å²) in [5.74, 6) is -0.105. The lowest BCUT2D eigenvalue weighted by Gasteiger charge is -2.37. The molecule has 24 heavy (non-hydrogen) atoms. The Labute approximate surface area is 145 Å². The monoisotopic (exact) mass is 348 g/mol. The minimum absolute atomic E-state index is 0.0106. The van der Waals surface area contributed by atoms with Crippen molar-refractivity contribution in [2.45, 2.75) is 32.2 Å². The maximum absolute atomic E-state index is 13.0. The van der Waals surface area contributed by atoms with E-state index >= 15 is 0 Å². The molecular formula is C18H21FN2O2S. The van der Waals surface area contributed by atoms with Crippen LogP contribution in [0.1, 0.15) is 40.0 Å². The van der Waals surface area contributed by atoms with Crippen molar-refractivity contribution in [1.29, 1.82) is 0 Å². The minimum Gasteiger partial charge on any atom is -0.396 e. The molecule has 0 bridgehead atoms. The number of halogens is 1. The van der Waals surface area contributed by atoms with Crippen molar-refractivity contribution in [3.8, 4) is 0 Å². The Kier molecular flexibility index (Phi) is 5.26. The van der Waals surface area contributed by atoms with Crippen LogP contribution in [0.2, 0.25) is 0 Å². The first-order chi connectivity index (χ1) is 11.6. The topological polar surface area (TPSA) is 53.4 Å². The van der Waals surface area contributed by atoms with E-state index in [-0.39, 0.29) is 30.3 Å². The van der Waals surface area contributed by atoms with Crippen LogP contribution in [0.25, 0.3) is 0 Å². The maximum Gasteiger partial charge on any atom is 0.265 e. The summed E-state index contributed by atoms with van der Waals surface area (Å²) in [6.45, 7) is 2.77. The second kappa shape index (κ2) is 7.40. The van der Waals surface area contributed by atoms with Gasteiger partial charge in [-0.05, 0) is 43.4 Å². The molecule has 1 N–H and O–H groups in total. The zero-order valence-corrected chi connectivity index (χ0v) is 14.4. The molecule has 1 fully saturated rings. The predicted molar refractivity (Wildman–Crippen MR) is 91.6 cm³/mol. The lowest BCUT2D eigenvalue weighted by molar-refractivity contribution is 0.0493. The Morgan fingerprint density at radius 1 is 1.38 bits per heavy atom. The van der Waals surface area contributed by atoms with E-state index in [0.717, 1.165) is 23.4 Å². The first-order valence-corrected chi connectivity index (χ1v) is 8.99. The number of aliphatic hydroxyl groups is 1. The zero-order valence-electron chi connectivity index (χ0n) is 13.6. The van der Waals surface area contributed by atoms with Crippen LogP contribution in [0.4, 0.5) is 4.39 Å². The summed E-state index contributed by atoms with van der Waals surface area (Å²) < 4.78 is 13.0. The normalized spacial score (nSPS) is 21.0. The van der Waals surface area contributed by atoms with Crippen LogP contribution in [-0.2, 0) is 6.42 Å². The van der Waals surface area contributed by atoms with Gasteiger partial charge >= 0.3 is 0 Å². The van der Waals surface area contributed by atoms with Gasteiger partial charge in [0.05, 0.1) is 11.2 Å². The van der Waals surface area contributed by atoms with Crippen LogP contribution >= 0.6 is 11.3 Å². The highest BCUT2D eigenvalue weighted by Gasteiger charge is 2.30. The Morgan fingerprint density at radius 3 is 2.83 bits per heavy atom. The molecule has 1 aromatic heterocycles. The van der Waals surface area contributed by atoms with E-state index in [0.29, 0.717) is 17.8 Å². The van der Waals surface area contributed by atoms with Gasteiger partial charge in [0, 0.05) is 25.6 Å². The van der Waals surface area contributed by atoms with Gasteiger partial charge in [0.15, 0.2) is 0 Å². The number of hydrogen-bond acceptors (Lipinski definition) is 4. The smallest absolute Gasteiger partial charge is 0.265 e. The maximum atomic E-state index is 13.0. The van der Waals surface area contributed by atoms with Gasteiger partial charge in [-0.3, -0.25) is 4.79 Å². The summed E-state index contributed by atoms with van der Waals surface area (Å²) in [7, 11) is 0. The summed E-state index contributed by atoms with van der Waals surface area (Å²) in [6, 6.07) is 6.51. The molecule has 6 heteroatoms. The van der Waals surface area contributed by atoms with Crippen LogP contribution in [0, 0.1) is 11.7 Å². The van der Waals surface area contributed by atoms with Crippen molar-refractivity contribution < 1.29 is 14.3 Å². The highest BCUT2D eigenvalue weighted by atomic mass is 32.1. The Bertz CT molecular complexity index is 701. The van der Waals surface area contributed by atoms with Crippen molar-refractivity contribution in [2.75, 3.05) is 13.2 Å². The van der Waals surface area contributed by atoms with Crippen molar-refractivity contribution >= 4 is 17.2 Å². The van der Waals surface area contributed by atoms with Crippen molar-refractivity contribution in [2.24, 2.45) is 5.92 Å². The molecule has 0 spiro atoms. The van der Waals surface area contributed by atoms with Gasteiger partial charge in [0.25, 0.3) is 5.91 Å². The lowest BCUT2D eigenvalue weighted by atomic mass is 9.94. The number of likely N-dealkylation sites (tertiary alicyclic amines) is 1. The first kappa shape index (κ1) is 17.0. The number of carbonyl (C=O) groups excluding carboxylic acids is 1. The van der Waals surface area contributed by atoms with Gasteiger partial charge in [-0.25, -0.2) is 9.37 Å². The summed E-state index contributed by atoms with van der Waals surface area (Å²) in [5.41, 5.74) is 0.969. The molecule has 0 saturated carbocycles. The Balaban J connectivity index is 1.70. The molecular weight excluding hydrogens is 327 g/mol. The number of amides is 1. The first-order valence-electron chi connectivity index (χ1n) is 8.17. The molecule has 0 aliphatic carbocycles. The molecule has 2 unspecified atom stereocenters. The number of rotatable bonds is 4. The van der Waals surface area contributed by atoms with Gasteiger partial charge < -0.3 is 10.0 Å². The molecule has 1 aliphatic rings. The third kappa shape index (κ3) is 3.82. The van der Waals surface area contributed by atoms with Crippen LogP contribution in [0.15, 0.2) is 30.5 Å². The standard InChI is InChI=1S/C18H21FN2O2S/c1-12-2-3-14(11-22)10-21(12)18(23)16-9-20-17(24-16)8-13-4-6-15(19)7-5-13/h4-7,9,12,14,22H,2-3,8,10-11H2,1H3. The van der Waals surface area contributed by atoms with Crippen molar-refractivity contribution in [3.63, 3.8) is 0 Å². The largest absolute Gasteiger partial charge is 0.396 e. The van der Waals surface area contributed by atoms with E-state index in [9.17, 15) is 14.3 Å². The average molecular weight is 348 g/mol. The fraction of sp³-hybridized carbons (Fsp3) is 0.444. The third-order valence-electron chi connectivity index (χ3n) is 4.53. The predicted octanol–water partition coefficient (Wildman–Crippen LogP) is 3.11.